The molecule has 0 unspecified atom stereocenters. The summed E-state index contributed by atoms with van der Waals surface area (Å²) in [6.07, 6.45) is -0.402. The van der Waals surface area contributed by atoms with Crippen molar-refractivity contribution in [2.24, 2.45) is 5.92 Å². The molecule has 0 aromatic heterocycles. The molecule has 0 bridgehead atoms. The first kappa shape index (κ1) is 30.0. The number of carbonyl (C=O) groups excluding carboxylic acids is 2. The van der Waals surface area contributed by atoms with Crippen LogP contribution in [-0.4, -0.2) is 66.8 Å². The highest BCUT2D eigenvalue weighted by Crippen LogP contribution is 2.47. The number of halogens is 1. The number of hydrogen-bond acceptors (Lipinski definition) is 5. The molecule has 208 valence electrons. The summed E-state index contributed by atoms with van der Waals surface area (Å²) in [5.74, 6) is -0.661. The van der Waals surface area contributed by atoms with Crippen molar-refractivity contribution in [2.45, 2.75) is 76.6 Å². The second-order valence-corrected chi connectivity index (χ2v) is 14.6. The fourth-order valence-electron chi connectivity index (χ4n) is 5.45. The van der Waals surface area contributed by atoms with Gasteiger partial charge in [-0.15, -0.1) is 0 Å². The van der Waals surface area contributed by atoms with E-state index in [0.717, 1.165) is 11.1 Å². The molecule has 0 aliphatic carbocycles. The maximum Gasteiger partial charge on any atom is 0.252 e. The fourth-order valence-corrected chi connectivity index (χ4v) is 8.00. The van der Waals surface area contributed by atoms with E-state index in [2.05, 4.69) is 5.32 Å². The van der Waals surface area contributed by atoms with E-state index >= 15 is 4.11 Å². The average molecular weight is 545 g/mol. The summed E-state index contributed by atoms with van der Waals surface area (Å²) in [6.45, 7) is 7.24. The van der Waals surface area contributed by atoms with Gasteiger partial charge >= 0.3 is 0 Å². The summed E-state index contributed by atoms with van der Waals surface area (Å²) < 4.78 is 21.9. The summed E-state index contributed by atoms with van der Waals surface area (Å²) in [5, 5.41) is 21.7. The van der Waals surface area contributed by atoms with Crippen molar-refractivity contribution >= 4 is 25.9 Å². The molecule has 1 heterocycles. The normalized spacial score (nSPS) is 22.2. The Balaban J connectivity index is 1.68. The topological polar surface area (TPSA) is 99.1 Å². The van der Waals surface area contributed by atoms with E-state index in [1.807, 2.05) is 55.5 Å². The molecule has 1 aliphatic rings. The van der Waals surface area contributed by atoms with Crippen molar-refractivity contribution in [1.29, 1.82) is 0 Å². The highest BCUT2D eigenvalue weighted by atomic mass is 28.4. The number of anilines is 1. The maximum absolute atomic E-state index is 15.6. The van der Waals surface area contributed by atoms with Crippen molar-refractivity contribution in [3.63, 3.8) is 0 Å². The molecular formula is C29H41FN2O5Si. The molecule has 3 N–H and O–H groups in total. The molecule has 2 aromatic rings. The second-order valence-electron chi connectivity index (χ2n) is 10.8. The van der Waals surface area contributed by atoms with Gasteiger partial charge in [0.2, 0.25) is 14.3 Å². The van der Waals surface area contributed by atoms with Crippen molar-refractivity contribution < 1.29 is 28.6 Å². The van der Waals surface area contributed by atoms with Gasteiger partial charge in [-0.25, -0.2) is 0 Å². The number of amides is 2. The highest BCUT2D eigenvalue weighted by molar-refractivity contribution is 6.72. The molecule has 2 aromatic carbocycles. The number of carbonyl (C=O) groups is 2. The molecule has 0 radical (unpaired) electrons. The lowest BCUT2D eigenvalue weighted by atomic mass is 9.95. The predicted molar refractivity (Wildman–Crippen MR) is 149 cm³/mol. The monoisotopic (exact) mass is 544 g/mol. The SMILES string of the molecule is C[C@H]1[C@H]([Si](C)(C)F)[C@@H](CC(=O)N(CCO)Cc2ccccc2)O[C@H]1CCc1cccc(NC(=O)[C@H](C)O)c1. The molecule has 0 spiro atoms. The van der Waals surface area contributed by atoms with Crippen molar-refractivity contribution in [3.05, 3.63) is 65.7 Å². The number of ether oxygens (including phenoxy) is 1. The zero-order valence-electron chi connectivity index (χ0n) is 22.8. The summed E-state index contributed by atoms with van der Waals surface area (Å²) in [5.41, 5.74) is 2.25. The van der Waals surface area contributed by atoms with Gasteiger partial charge in [0, 0.05) is 24.3 Å². The van der Waals surface area contributed by atoms with Crippen LogP contribution in [0.25, 0.3) is 0 Å². The van der Waals surface area contributed by atoms with Crippen LogP contribution in [0, 0.1) is 5.92 Å². The van der Waals surface area contributed by atoms with E-state index in [4.69, 9.17) is 4.74 Å². The Morgan fingerprint density at radius 3 is 2.42 bits per heavy atom. The molecule has 7 nitrogen and oxygen atoms in total. The van der Waals surface area contributed by atoms with Crippen LogP contribution in [0.5, 0.6) is 0 Å². The van der Waals surface area contributed by atoms with E-state index in [0.29, 0.717) is 25.1 Å². The standard InChI is InChI=1S/C29H41FN2O5Si/c1-20-25(14-13-22-11-8-12-24(17-22)31-29(36)21(2)34)37-26(28(20)38(3,4)30)18-27(35)32(15-16-33)19-23-9-6-5-7-10-23/h5-12,17,20-21,25-26,28,33-34H,13-16,18-19H2,1-4H3,(H,31,36)/t20-,21+,25+,26-,28+/m1/s1. The molecule has 38 heavy (non-hydrogen) atoms. The largest absolute Gasteiger partial charge is 0.395 e. The predicted octanol–water partition coefficient (Wildman–Crippen LogP) is 4.30. The van der Waals surface area contributed by atoms with Gasteiger partial charge in [-0.2, -0.15) is 0 Å². The van der Waals surface area contributed by atoms with E-state index < -0.39 is 26.5 Å². The number of hydrogen-bond donors (Lipinski definition) is 3. The third kappa shape index (κ3) is 8.20. The molecule has 1 fully saturated rings. The number of nitrogens with one attached hydrogen (secondary N) is 1. The minimum atomic E-state index is -3.15. The zero-order valence-corrected chi connectivity index (χ0v) is 23.8. The molecule has 1 aliphatic heterocycles. The van der Waals surface area contributed by atoms with Gasteiger partial charge < -0.3 is 29.3 Å². The molecule has 1 saturated heterocycles. The van der Waals surface area contributed by atoms with Gasteiger partial charge in [0.05, 0.1) is 25.2 Å². The Morgan fingerprint density at radius 1 is 1.11 bits per heavy atom. The van der Waals surface area contributed by atoms with Gasteiger partial charge in [0.1, 0.15) is 6.10 Å². The average Bonchev–Trinajstić information content (AvgIpc) is 3.18. The minimum absolute atomic E-state index is 0.0435. The van der Waals surface area contributed by atoms with Crippen LogP contribution in [0.1, 0.15) is 37.8 Å². The van der Waals surface area contributed by atoms with Crippen LogP contribution in [-0.2, 0) is 27.3 Å². The summed E-state index contributed by atoms with van der Waals surface area (Å²) >= 11 is 0. The Morgan fingerprint density at radius 2 is 1.79 bits per heavy atom. The maximum atomic E-state index is 15.6. The molecule has 9 heteroatoms. The van der Waals surface area contributed by atoms with Gasteiger partial charge in [-0.1, -0.05) is 49.4 Å². The summed E-state index contributed by atoms with van der Waals surface area (Å²) in [6, 6.07) is 17.0. The molecule has 2 amide bonds. The quantitative estimate of drug-likeness (QED) is 0.273. The van der Waals surface area contributed by atoms with Gasteiger partial charge in [0.25, 0.3) is 5.91 Å². The summed E-state index contributed by atoms with van der Waals surface area (Å²) in [7, 11) is -3.15. The molecule has 0 saturated carbocycles. The lowest BCUT2D eigenvalue weighted by molar-refractivity contribution is -0.135. The number of aliphatic hydroxyl groups is 2. The number of aliphatic hydroxyl groups excluding tert-OH is 2. The Labute approximate surface area is 226 Å². The number of rotatable bonds is 12. The van der Waals surface area contributed by atoms with Crippen LogP contribution >= 0.6 is 0 Å². The van der Waals surface area contributed by atoms with Crippen molar-refractivity contribution in [3.8, 4) is 0 Å². The zero-order chi connectivity index (χ0) is 27.9. The summed E-state index contributed by atoms with van der Waals surface area (Å²) in [4.78, 5) is 26.7. The molecule has 3 rings (SSSR count). The molecular weight excluding hydrogens is 503 g/mol. The molecule has 5 atom stereocenters. The van der Waals surface area contributed by atoms with Gasteiger partial charge in [0.15, 0.2) is 0 Å². The van der Waals surface area contributed by atoms with Crippen molar-refractivity contribution in [2.75, 3.05) is 18.5 Å². The van der Waals surface area contributed by atoms with E-state index in [1.165, 1.54) is 6.92 Å². The van der Waals surface area contributed by atoms with E-state index in [-0.39, 0.29) is 43.0 Å². The van der Waals surface area contributed by atoms with Crippen LogP contribution in [0.15, 0.2) is 54.6 Å². The van der Waals surface area contributed by atoms with Crippen molar-refractivity contribution in [1.82, 2.24) is 4.90 Å². The third-order valence-electron chi connectivity index (χ3n) is 7.30. The first-order valence-corrected chi connectivity index (χ1v) is 16.3. The van der Waals surface area contributed by atoms with E-state index in [9.17, 15) is 19.8 Å². The first-order valence-electron chi connectivity index (χ1n) is 13.3. The minimum Gasteiger partial charge on any atom is -0.395 e. The number of benzene rings is 2. The third-order valence-corrected chi connectivity index (χ3v) is 9.78. The Bertz CT molecular complexity index is 1060. The first-order chi connectivity index (χ1) is 18.0. The number of nitrogens with zero attached hydrogens (tertiary/aromatic N) is 1. The highest BCUT2D eigenvalue weighted by Gasteiger charge is 2.51. The Hall–Kier alpha value is -2.59. The van der Waals surface area contributed by atoms with Crippen LogP contribution < -0.4 is 5.32 Å². The fraction of sp³-hybridized carbons (Fsp3) is 0.517. The van der Waals surface area contributed by atoms with E-state index in [1.54, 1.807) is 24.1 Å². The van der Waals surface area contributed by atoms with Crippen LogP contribution in [0.3, 0.4) is 0 Å². The lowest BCUT2D eigenvalue weighted by Gasteiger charge is -2.30. The Kier molecular flexibility index (Phi) is 10.6. The lowest BCUT2D eigenvalue weighted by Crippen LogP contribution is -2.40. The number of aryl methyl sites for hydroxylation is 1. The second kappa shape index (κ2) is 13.5. The smallest absolute Gasteiger partial charge is 0.252 e. The van der Waals surface area contributed by atoms with Gasteiger partial charge in [-0.3, -0.25) is 9.59 Å². The van der Waals surface area contributed by atoms with Crippen LogP contribution in [0.2, 0.25) is 18.6 Å². The van der Waals surface area contributed by atoms with Crippen LogP contribution in [0.4, 0.5) is 9.80 Å². The van der Waals surface area contributed by atoms with Gasteiger partial charge in [-0.05, 0) is 62.0 Å².